The number of nitrogens with zero attached hydrogens (tertiary/aromatic N) is 1. The fourth-order valence-electron chi connectivity index (χ4n) is 3.19. The molecule has 2 aromatic rings. The van der Waals surface area contributed by atoms with E-state index in [9.17, 15) is 4.39 Å². The van der Waals surface area contributed by atoms with Gasteiger partial charge in [0.05, 0.1) is 0 Å². The molecule has 1 aromatic carbocycles. The molecule has 3 rings (SSSR count). The van der Waals surface area contributed by atoms with Crippen LogP contribution in [0.1, 0.15) is 48.9 Å². The Morgan fingerprint density at radius 1 is 1.29 bits per heavy atom. The van der Waals surface area contributed by atoms with Crippen molar-refractivity contribution in [3.63, 3.8) is 0 Å². The number of rotatable bonds is 5. The van der Waals surface area contributed by atoms with Crippen LogP contribution in [0.15, 0.2) is 36.7 Å². The molecule has 21 heavy (non-hydrogen) atoms. The van der Waals surface area contributed by atoms with E-state index in [1.165, 1.54) is 30.0 Å². The van der Waals surface area contributed by atoms with Gasteiger partial charge in [0, 0.05) is 30.5 Å². The topological polar surface area (TPSA) is 17.0 Å². The molecule has 1 aliphatic rings. The van der Waals surface area contributed by atoms with Crippen molar-refractivity contribution in [3.05, 3.63) is 59.2 Å². The lowest BCUT2D eigenvalue weighted by atomic mass is 9.91. The molecule has 1 unspecified atom stereocenters. The van der Waals surface area contributed by atoms with Crippen LogP contribution < -0.4 is 5.32 Å². The second-order valence-corrected chi connectivity index (χ2v) is 5.90. The standard InChI is InChI=1S/C18H23FN2/c1-2-10-20-18-9-5-7-14-11-21(13-16(14)18)12-15-6-3-4-8-17(15)19/h3-4,6,8,11,13,18,20H,2,5,7,9-10,12H2,1H3. The fourth-order valence-corrected chi connectivity index (χ4v) is 3.19. The highest BCUT2D eigenvalue weighted by Gasteiger charge is 2.21. The average Bonchev–Trinajstić information content (AvgIpc) is 2.90. The molecule has 112 valence electrons. The third-order valence-corrected chi connectivity index (χ3v) is 4.26. The van der Waals surface area contributed by atoms with Crippen molar-refractivity contribution in [2.24, 2.45) is 0 Å². The maximum absolute atomic E-state index is 13.8. The lowest BCUT2D eigenvalue weighted by molar-refractivity contribution is 0.462. The minimum Gasteiger partial charge on any atom is -0.349 e. The Kier molecular flexibility index (Phi) is 4.39. The number of nitrogens with one attached hydrogen (secondary N) is 1. The van der Waals surface area contributed by atoms with Crippen LogP contribution in [-0.4, -0.2) is 11.1 Å². The molecule has 0 amide bonds. The number of benzene rings is 1. The first-order chi connectivity index (χ1) is 10.3. The van der Waals surface area contributed by atoms with E-state index in [1.807, 2.05) is 12.1 Å². The van der Waals surface area contributed by atoms with E-state index in [2.05, 4.69) is 29.2 Å². The minimum atomic E-state index is -0.121. The number of aryl methyl sites for hydroxylation is 1. The lowest BCUT2D eigenvalue weighted by Gasteiger charge is -2.23. The first-order valence-electron chi connectivity index (χ1n) is 7.93. The summed E-state index contributed by atoms with van der Waals surface area (Å²) in [5.41, 5.74) is 3.58. The summed E-state index contributed by atoms with van der Waals surface area (Å²) in [5.74, 6) is -0.121. The normalized spacial score (nSPS) is 17.7. The summed E-state index contributed by atoms with van der Waals surface area (Å²) in [6.07, 6.45) is 9.14. The molecule has 0 fully saturated rings. The van der Waals surface area contributed by atoms with Gasteiger partial charge >= 0.3 is 0 Å². The summed E-state index contributed by atoms with van der Waals surface area (Å²) >= 11 is 0. The van der Waals surface area contributed by atoms with Crippen molar-refractivity contribution >= 4 is 0 Å². The molecule has 0 saturated carbocycles. The molecular weight excluding hydrogens is 263 g/mol. The minimum absolute atomic E-state index is 0.121. The number of hydrogen-bond acceptors (Lipinski definition) is 1. The third kappa shape index (κ3) is 3.18. The second-order valence-electron chi connectivity index (χ2n) is 5.90. The van der Waals surface area contributed by atoms with Gasteiger partial charge in [0.1, 0.15) is 5.82 Å². The van der Waals surface area contributed by atoms with Crippen molar-refractivity contribution in [3.8, 4) is 0 Å². The van der Waals surface area contributed by atoms with Gasteiger partial charge in [0.15, 0.2) is 0 Å². The molecule has 1 N–H and O–H groups in total. The quantitative estimate of drug-likeness (QED) is 0.877. The van der Waals surface area contributed by atoms with Crippen LogP contribution in [0.5, 0.6) is 0 Å². The monoisotopic (exact) mass is 286 g/mol. The largest absolute Gasteiger partial charge is 0.349 e. The van der Waals surface area contributed by atoms with Crippen molar-refractivity contribution in [2.45, 2.75) is 45.2 Å². The van der Waals surface area contributed by atoms with E-state index >= 15 is 0 Å². The Balaban J connectivity index is 1.80. The predicted molar refractivity (Wildman–Crippen MR) is 83.9 cm³/mol. The summed E-state index contributed by atoms with van der Waals surface area (Å²) < 4.78 is 15.9. The van der Waals surface area contributed by atoms with Crippen LogP contribution >= 0.6 is 0 Å². The molecule has 2 nitrogen and oxygen atoms in total. The Morgan fingerprint density at radius 3 is 2.95 bits per heavy atom. The highest BCUT2D eigenvalue weighted by atomic mass is 19.1. The maximum atomic E-state index is 13.8. The number of aromatic nitrogens is 1. The van der Waals surface area contributed by atoms with Crippen LogP contribution in [0.2, 0.25) is 0 Å². The van der Waals surface area contributed by atoms with Gasteiger partial charge in [-0.3, -0.25) is 0 Å². The number of fused-ring (bicyclic) bond motifs is 1. The van der Waals surface area contributed by atoms with E-state index in [0.717, 1.165) is 24.9 Å². The van der Waals surface area contributed by atoms with Crippen LogP contribution in [0, 0.1) is 5.82 Å². The molecule has 1 aromatic heterocycles. The first kappa shape index (κ1) is 14.3. The predicted octanol–water partition coefficient (Wildman–Crippen LogP) is 4.05. The van der Waals surface area contributed by atoms with Gasteiger partial charge < -0.3 is 9.88 Å². The van der Waals surface area contributed by atoms with Crippen LogP contribution in [0.4, 0.5) is 4.39 Å². The van der Waals surface area contributed by atoms with Gasteiger partial charge in [-0.25, -0.2) is 4.39 Å². The first-order valence-corrected chi connectivity index (χ1v) is 7.93. The Bertz CT molecular complexity index is 603. The van der Waals surface area contributed by atoms with Crippen molar-refractivity contribution in [1.82, 2.24) is 9.88 Å². The molecular formula is C18H23FN2. The Morgan fingerprint density at radius 2 is 2.14 bits per heavy atom. The molecule has 0 bridgehead atoms. The lowest BCUT2D eigenvalue weighted by Crippen LogP contribution is -2.24. The summed E-state index contributed by atoms with van der Waals surface area (Å²) in [6.45, 7) is 3.86. The smallest absolute Gasteiger partial charge is 0.128 e. The molecule has 0 aliphatic heterocycles. The molecule has 0 radical (unpaired) electrons. The Labute approximate surface area is 126 Å². The number of hydrogen-bond donors (Lipinski definition) is 1. The zero-order valence-corrected chi connectivity index (χ0v) is 12.6. The molecule has 3 heteroatoms. The van der Waals surface area contributed by atoms with Crippen LogP contribution in [-0.2, 0) is 13.0 Å². The summed E-state index contributed by atoms with van der Waals surface area (Å²) in [4.78, 5) is 0. The molecule has 0 saturated heterocycles. The molecule has 1 heterocycles. The van der Waals surface area contributed by atoms with Crippen molar-refractivity contribution in [2.75, 3.05) is 6.54 Å². The van der Waals surface area contributed by atoms with Gasteiger partial charge in [-0.15, -0.1) is 0 Å². The highest BCUT2D eigenvalue weighted by Crippen LogP contribution is 2.30. The van der Waals surface area contributed by atoms with Crippen molar-refractivity contribution < 1.29 is 4.39 Å². The van der Waals surface area contributed by atoms with Gasteiger partial charge in [0.25, 0.3) is 0 Å². The van der Waals surface area contributed by atoms with Crippen LogP contribution in [0.3, 0.4) is 0 Å². The Hall–Kier alpha value is -1.61. The van der Waals surface area contributed by atoms with Crippen LogP contribution in [0.25, 0.3) is 0 Å². The zero-order chi connectivity index (χ0) is 14.7. The average molecular weight is 286 g/mol. The summed E-state index contributed by atoms with van der Waals surface area (Å²) in [5, 5.41) is 3.63. The van der Waals surface area contributed by atoms with E-state index < -0.39 is 0 Å². The molecule has 0 spiro atoms. The molecule has 1 atom stereocenters. The maximum Gasteiger partial charge on any atom is 0.128 e. The summed E-state index contributed by atoms with van der Waals surface area (Å²) in [7, 11) is 0. The van der Waals surface area contributed by atoms with E-state index in [0.29, 0.717) is 12.6 Å². The highest BCUT2D eigenvalue weighted by molar-refractivity contribution is 5.31. The third-order valence-electron chi connectivity index (χ3n) is 4.26. The zero-order valence-electron chi connectivity index (χ0n) is 12.6. The van der Waals surface area contributed by atoms with Gasteiger partial charge in [0.2, 0.25) is 0 Å². The summed E-state index contributed by atoms with van der Waals surface area (Å²) in [6, 6.07) is 7.50. The second kappa shape index (κ2) is 6.44. The van der Waals surface area contributed by atoms with Gasteiger partial charge in [-0.05, 0) is 49.4 Å². The van der Waals surface area contributed by atoms with Gasteiger partial charge in [-0.1, -0.05) is 25.1 Å². The van der Waals surface area contributed by atoms with E-state index in [1.54, 1.807) is 6.07 Å². The molecule has 1 aliphatic carbocycles. The number of halogens is 1. The SMILES string of the molecule is CCCNC1CCCc2cn(Cc3ccccc3F)cc21. The van der Waals surface area contributed by atoms with Crippen molar-refractivity contribution in [1.29, 1.82) is 0 Å². The van der Waals surface area contributed by atoms with E-state index in [-0.39, 0.29) is 5.82 Å². The fraction of sp³-hybridized carbons (Fsp3) is 0.444. The van der Waals surface area contributed by atoms with Gasteiger partial charge in [-0.2, -0.15) is 0 Å². The van der Waals surface area contributed by atoms with E-state index in [4.69, 9.17) is 0 Å².